The smallest absolute Gasteiger partial charge is 0.254 e. The van der Waals surface area contributed by atoms with Crippen molar-refractivity contribution in [3.8, 4) is 0 Å². The Morgan fingerprint density at radius 2 is 2.05 bits per heavy atom. The number of amides is 1. The van der Waals surface area contributed by atoms with Crippen molar-refractivity contribution in [2.75, 3.05) is 13.1 Å². The van der Waals surface area contributed by atoms with Crippen LogP contribution in [0.5, 0.6) is 0 Å². The number of aryl methyl sites for hydroxylation is 1. The SMILES string of the molecule is Cc1ccccc1C(=O)N1CCC(c2nccs2)CC1. The summed E-state index contributed by atoms with van der Waals surface area (Å²) in [5.41, 5.74) is 1.89. The highest BCUT2D eigenvalue weighted by Crippen LogP contribution is 2.29. The lowest BCUT2D eigenvalue weighted by Crippen LogP contribution is -2.38. The second-order valence-corrected chi connectivity index (χ2v) is 6.18. The number of thiazole rings is 1. The van der Waals surface area contributed by atoms with Gasteiger partial charge in [-0.2, -0.15) is 0 Å². The Morgan fingerprint density at radius 1 is 1.30 bits per heavy atom. The molecule has 0 N–H and O–H groups in total. The molecule has 2 heterocycles. The summed E-state index contributed by atoms with van der Waals surface area (Å²) in [6.07, 6.45) is 3.90. The lowest BCUT2D eigenvalue weighted by molar-refractivity contribution is 0.0712. The molecular formula is C16H18N2OS. The number of rotatable bonds is 2. The largest absolute Gasteiger partial charge is 0.339 e. The molecule has 4 heteroatoms. The van der Waals surface area contributed by atoms with Crippen molar-refractivity contribution in [2.45, 2.75) is 25.7 Å². The fourth-order valence-corrected chi connectivity index (χ4v) is 3.56. The standard InChI is InChI=1S/C16H18N2OS/c1-12-4-2-3-5-14(12)16(19)18-9-6-13(7-10-18)15-17-8-11-20-15/h2-5,8,11,13H,6-7,9-10H2,1H3. The molecule has 0 bridgehead atoms. The first-order valence-corrected chi connectivity index (χ1v) is 7.88. The molecule has 0 radical (unpaired) electrons. The van der Waals surface area contributed by atoms with Crippen LogP contribution in [0.1, 0.15) is 39.7 Å². The molecule has 104 valence electrons. The molecule has 20 heavy (non-hydrogen) atoms. The van der Waals surface area contributed by atoms with Gasteiger partial charge in [-0.25, -0.2) is 4.98 Å². The maximum atomic E-state index is 12.5. The summed E-state index contributed by atoms with van der Waals surface area (Å²) in [7, 11) is 0. The number of piperidine rings is 1. The van der Waals surface area contributed by atoms with Crippen molar-refractivity contribution in [1.82, 2.24) is 9.88 Å². The molecule has 1 aliphatic heterocycles. The Morgan fingerprint density at radius 3 is 2.70 bits per heavy atom. The molecule has 1 aromatic heterocycles. The Balaban J connectivity index is 1.66. The summed E-state index contributed by atoms with van der Waals surface area (Å²) in [6.45, 7) is 3.66. The third kappa shape index (κ3) is 2.61. The van der Waals surface area contributed by atoms with E-state index >= 15 is 0 Å². The highest BCUT2D eigenvalue weighted by atomic mass is 32.1. The molecule has 1 aliphatic rings. The predicted octanol–water partition coefficient (Wildman–Crippen LogP) is 3.47. The van der Waals surface area contributed by atoms with E-state index in [-0.39, 0.29) is 5.91 Å². The van der Waals surface area contributed by atoms with E-state index in [4.69, 9.17) is 0 Å². The summed E-state index contributed by atoms with van der Waals surface area (Å²) >= 11 is 1.72. The first-order chi connectivity index (χ1) is 9.75. The van der Waals surface area contributed by atoms with Crippen LogP contribution in [0.3, 0.4) is 0 Å². The zero-order valence-corrected chi connectivity index (χ0v) is 12.4. The molecule has 1 fully saturated rings. The minimum Gasteiger partial charge on any atom is -0.339 e. The monoisotopic (exact) mass is 286 g/mol. The Bertz CT molecular complexity index is 586. The van der Waals surface area contributed by atoms with E-state index < -0.39 is 0 Å². The third-order valence-corrected chi connectivity index (χ3v) is 4.90. The molecule has 1 saturated heterocycles. The lowest BCUT2D eigenvalue weighted by Gasteiger charge is -2.31. The van der Waals surface area contributed by atoms with Crippen molar-refractivity contribution in [3.63, 3.8) is 0 Å². The molecular weight excluding hydrogens is 268 g/mol. The molecule has 2 aromatic rings. The van der Waals surface area contributed by atoms with Gasteiger partial charge in [-0.1, -0.05) is 18.2 Å². The second kappa shape index (κ2) is 5.75. The second-order valence-electron chi connectivity index (χ2n) is 5.25. The van der Waals surface area contributed by atoms with Gasteiger partial charge >= 0.3 is 0 Å². The molecule has 0 unspecified atom stereocenters. The molecule has 0 saturated carbocycles. The maximum Gasteiger partial charge on any atom is 0.254 e. The Kier molecular flexibility index (Phi) is 3.83. The van der Waals surface area contributed by atoms with Crippen molar-refractivity contribution < 1.29 is 4.79 Å². The Labute approximate surface area is 123 Å². The molecule has 1 amide bonds. The van der Waals surface area contributed by atoms with Gasteiger partial charge in [-0.3, -0.25) is 4.79 Å². The van der Waals surface area contributed by atoms with Crippen LogP contribution in [0.2, 0.25) is 0 Å². The predicted molar refractivity (Wildman–Crippen MR) is 81.2 cm³/mol. The zero-order chi connectivity index (χ0) is 13.9. The van der Waals surface area contributed by atoms with Crippen molar-refractivity contribution >= 4 is 17.2 Å². The van der Waals surface area contributed by atoms with Gasteiger partial charge in [-0.15, -0.1) is 11.3 Å². The fraction of sp³-hybridized carbons (Fsp3) is 0.375. The first kappa shape index (κ1) is 13.3. The molecule has 3 nitrogen and oxygen atoms in total. The van der Waals surface area contributed by atoms with Gasteiger partial charge in [0.1, 0.15) is 0 Å². The van der Waals surface area contributed by atoms with Crippen LogP contribution in [0, 0.1) is 6.92 Å². The minimum absolute atomic E-state index is 0.167. The number of carbonyl (C=O) groups is 1. The summed E-state index contributed by atoms with van der Waals surface area (Å²) in [5, 5.41) is 3.24. The number of hydrogen-bond acceptors (Lipinski definition) is 3. The van der Waals surface area contributed by atoms with Gasteiger partial charge in [0.05, 0.1) is 5.01 Å². The summed E-state index contributed by atoms with van der Waals surface area (Å²) in [6, 6.07) is 7.82. The van der Waals surface area contributed by atoms with Gasteiger partial charge in [-0.05, 0) is 31.4 Å². The highest BCUT2D eigenvalue weighted by molar-refractivity contribution is 7.09. The average molecular weight is 286 g/mol. The van der Waals surface area contributed by atoms with Crippen molar-refractivity contribution in [3.05, 3.63) is 52.0 Å². The van der Waals surface area contributed by atoms with E-state index in [9.17, 15) is 4.79 Å². The van der Waals surface area contributed by atoms with Crippen LogP contribution in [-0.2, 0) is 0 Å². The molecule has 3 rings (SSSR count). The van der Waals surface area contributed by atoms with E-state index in [1.807, 2.05) is 47.7 Å². The van der Waals surface area contributed by atoms with Gasteiger partial charge in [0, 0.05) is 36.1 Å². The number of aromatic nitrogens is 1. The number of carbonyl (C=O) groups excluding carboxylic acids is 1. The molecule has 0 aliphatic carbocycles. The van der Waals surface area contributed by atoms with Crippen LogP contribution < -0.4 is 0 Å². The normalized spacial score (nSPS) is 16.4. The van der Waals surface area contributed by atoms with E-state index in [2.05, 4.69) is 4.98 Å². The zero-order valence-electron chi connectivity index (χ0n) is 11.6. The number of hydrogen-bond donors (Lipinski definition) is 0. The summed E-state index contributed by atoms with van der Waals surface area (Å²) < 4.78 is 0. The Hall–Kier alpha value is -1.68. The fourth-order valence-electron chi connectivity index (χ4n) is 2.75. The summed E-state index contributed by atoms with van der Waals surface area (Å²) in [5.74, 6) is 0.691. The molecule has 0 spiro atoms. The number of benzene rings is 1. The van der Waals surface area contributed by atoms with E-state index in [1.165, 1.54) is 5.01 Å². The first-order valence-electron chi connectivity index (χ1n) is 7.00. The lowest BCUT2D eigenvalue weighted by atomic mass is 9.96. The van der Waals surface area contributed by atoms with Crippen molar-refractivity contribution in [1.29, 1.82) is 0 Å². The van der Waals surface area contributed by atoms with Crippen molar-refractivity contribution in [2.24, 2.45) is 0 Å². The topological polar surface area (TPSA) is 33.2 Å². The highest BCUT2D eigenvalue weighted by Gasteiger charge is 2.26. The van der Waals surface area contributed by atoms with Gasteiger partial charge in [0.2, 0.25) is 0 Å². The quantitative estimate of drug-likeness (QED) is 0.847. The average Bonchev–Trinajstić information content (AvgIpc) is 3.01. The minimum atomic E-state index is 0.167. The van der Waals surface area contributed by atoms with Gasteiger partial charge < -0.3 is 4.90 Å². The van der Waals surface area contributed by atoms with E-state index in [0.717, 1.165) is 37.1 Å². The summed E-state index contributed by atoms with van der Waals surface area (Å²) in [4.78, 5) is 18.9. The maximum absolute atomic E-state index is 12.5. The molecule has 1 aromatic carbocycles. The van der Waals surface area contributed by atoms with Crippen LogP contribution in [0.15, 0.2) is 35.8 Å². The van der Waals surface area contributed by atoms with Gasteiger partial charge in [0.15, 0.2) is 0 Å². The van der Waals surface area contributed by atoms with Crippen LogP contribution >= 0.6 is 11.3 Å². The van der Waals surface area contributed by atoms with E-state index in [1.54, 1.807) is 11.3 Å². The van der Waals surface area contributed by atoms with Crippen LogP contribution in [-0.4, -0.2) is 28.9 Å². The van der Waals surface area contributed by atoms with E-state index in [0.29, 0.717) is 5.92 Å². The number of nitrogens with zero attached hydrogens (tertiary/aromatic N) is 2. The van der Waals surface area contributed by atoms with Gasteiger partial charge in [0.25, 0.3) is 5.91 Å². The third-order valence-electron chi connectivity index (χ3n) is 3.96. The number of likely N-dealkylation sites (tertiary alicyclic amines) is 1. The molecule has 0 atom stereocenters. The van der Waals surface area contributed by atoms with Crippen LogP contribution in [0.4, 0.5) is 0 Å². The van der Waals surface area contributed by atoms with Crippen LogP contribution in [0.25, 0.3) is 0 Å².